The Hall–Kier alpha value is -0.830. The second-order valence-electron chi connectivity index (χ2n) is 3.18. The van der Waals surface area contributed by atoms with Gasteiger partial charge in [0.15, 0.2) is 0 Å². The fraction of sp³-hybridized carbons (Fsp3) is 0.0909. The fourth-order valence-electron chi connectivity index (χ4n) is 1.25. The van der Waals surface area contributed by atoms with Gasteiger partial charge in [-0.05, 0) is 24.3 Å². The Morgan fingerprint density at radius 2 is 1.81 bits per heavy atom. The van der Waals surface area contributed by atoms with Gasteiger partial charge in [-0.25, -0.2) is 0 Å². The molecule has 0 amide bonds. The van der Waals surface area contributed by atoms with Gasteiger partial charge in [0.2, 0.25) is 0 Å². The van der Waals surface area contributed by atoms with Gasteiger partial charge in [-0.2, -0.15) is 0 Å². The highest BCUT2D eigenvalue weighted by atomic mass is 35.5. The third-order valence-electron chi connectivity index (χ3n) is 2.04. The zero-order valence-electron chi connectivity index (χ0n) is 8.14. The number of halogens is 3. The van der Waals surface area contributed by atoms with Crippen molar-refractivity contribution in [2.24, 2.45) is 0 Å². The van der Waals surface area contributed by atoms with Crippen LogP contribution in [-0.4, -0.2) is 0 Å². The van der Waals surface area contributed by atoms with E-state index in [2.05, 4.69) is 5.32 Å². The Balaban J connectivity index is 2.12. The molecule has 0 aliphatic rings. The van der Waals surface area contributed by atoms with Crippen LogP contribution in [-0.2, 0) is 6.54 Å². The van der Waals surface area contributed by atoms with Crippen LogP contribution in [0.4, 0.5) is 5.69 Å². The maximum absolute atomic E-state index is 6.01. The SMILES string of the molecule is Clc1cc(Cl)c(NCc2ccco2)cc1Cl. The first kappa shape index (κ1) is 11.6. The minimum atomic E-state index is 0.440. The highest BCUT2D eigenvalue weighted by molar-refractivity contribution is 6.44. The predicted octanol–water partition coefficient (Wildman–Crippen LogP) is 4.85. The van der Waals surface area contributed by atoms with E-state index in [1.54, 1.807) is 18.4 Å². The standard InChI is InChI=1S/C11H8Cl3NO/c12-8-4-10(14)11(5-9(8)13)15-6-7-2-1-3-16-7/h1-5,15H,6H2. The van der Waals surface area contributed by atoms with E-state index in [0.717, 1.165) is 11.4 Å². The van der Waals surface area contributed by atoms with Gasteiger partial charge in [-0.15, -0.1) is 0 Å². The Bertz CT molecular complexity index is 482. The van der Waals surface area contributed by atoms with Crippen LogP contribution >= 0.6 is 34.8 Å². The van der Waals surface area contributed by atoms with Crippen molar-refractivity contribution in [1.82, 2.24) is 0 Å². The Morgan fingerprint density at radius 3 is 2.50 bits per heavy atom. The number of hydrogen-bond acceptors (Lipinski definition) is 2. The molecule has 0 saturated carbocycles. The molecule has 1 N–H and O–H groups in total. The molecule has 1 heterocycles. The molecular weight excluding hydrogens is 268 g/mol. The number of hydrogen-bond donors (Lipinski definition) is 1. The molecule has 0 unspecified atom stereocenters. The van der Waals surface area contributed by atoms with Gasteiger partial charge in [-0.3, -0.25) is 0 Å². The maximum atomic E-state index is 6.01. The van der Waals surface area contributed by atoms with Crippen molar-refractivity contribution < 1.29 is 4.42 Å². The van der Waals surface area contributed by atoms with Crippen LogP contribution in [0.2, 0.25) is 15.1 Å². The number of anilines is 1. The minimum Gasteiger partial charge on any atom is -0.467 e. The van der Waals surface area contributed by atoms with E-state index in [1.165, 1.54) is 0 Å². The summed E-state index contributed by atoms with van der Waals surface area (Å²) in [6, 6.07) is 7.00. The zero-order chi connectivity index (χ0) is 11.5. The van der Waals surface area contributed by atoms with Crippen LogP contribution < -0.4 is 5.32 Å². The monoisotopic (exact) mass is 275 g/mol. The lowest BCUT2D eigenvalue weighted by Crippen LogP contribution is -1.98. The van der Waals surface area contributed by atoms with Gasteiger partial charge in [0.1, 0.15) is 5.76 Å². The number of rotatable bonds is 3. The summed E-state index contributed by atoms with van der Waals surface area (Å²) in [5, 5.41) is 4.55. The number of furan rings is 1. The van der Waals surface area contributed by atoms with Gasteiger partial charge in [0, 0.05) is 0 Å². The molecular formula is C11H8Cl3NO. The lowest BCUT2D eigenvalue weighted by atomic mass is 10.3. The van der Waals surface area contributed by atoms with Crippen molar-refractivity contribution in [2.75, 3.05) is 5.32 Å². The summed E-state index contributed by atoms with van der Waals surface area (Å²) in [4.78, 5) is 0. The first-order chi connectivity index (χ1) is 7.66. The summed E-state index contributed by atoms with van der Waals surface area (Å²) >= 11 is 17.7. The van der Waals surface area contributed by atoms with Crippen LogP contribution in [0.15, 0.2) is 34.9 Å². The van der Waals surface area contributed by atoms with E-state index < -0.39 is 0 Å². The average Bonchev–Trinajstić information content (AvgIpc) is 2.74. The summed E-state index contributed by atoms with van der Waals surface area (Å²) in [5.41, 5.74) is 0.729. The topological polar surface area (TPSA) is 25.2 Å². The average molecular weight is 277 g/mol. The lowest BCUT2D eigenvalue weighted by molar-refractivity contribution is 0.518. The lowest BCUT2D eigenvalue weighted by Gasteiger charge is -2.08. The maximum Gasteiger partial charge on any atom is 0.122 e. The summed E-state index contributed by atoms with van der Waals surface area (Å²) < 4.78 is 5.18. The van der Waals surface area contributed by atoms with Crippen LogP contribution in [0, 0.1) is 0 Å². The van der Waals surface area contributed by atoms with Gasteiger partial charge >= 0.3 is 0 Å². The molecule has 0 fully saturated rings. The molecule has 2 nitrogen and oxygen atoms in total. The highest BCUT2D eigenvalue weighted by Crippen LogP contribution is 2.32. The molecule has 0 atom stereocenters. The first-order valence-corrected chi connectivity index (χ1v) is 5.71. The molecule has 0 saturated heterocycles. The normalized spacial score (nSPS) is 10.4. The number of benzene rings is 1. The molecule has 5 heteroatoms. The Kier molecular flexibility index (Phi) is 3.64. The summed E-state index contributed by atoms with van der Waals surface area (Å²) in [6.45, 7) is 0.546. The Labute approximate surface area is 108 Å². The molecule has 16 heavy (non-hydrogen) atoms. The molecule has 0 radical (unpaired) electrons. The second-order valence-corrected chi connectivity index (χ2v) is 4.40. The molecule has 1 aromatic heterocycles. The molecule has 0 aliphatic carbocycles. The van der Waals surface area contributed by atoms with E-state index in [4.69, 9.17) is 39.2 Å². The van der Waals surface area contributed by atoms with E-state index in [9.17, 15) is 0 Å². The highest BCUT2D eigenvalue weighted by Gasteiger charge is 2.06. The molecule has 0 spiro atoms. The molecule has 1 aromatic carbocycles. The summed E-state index contributed by atoms with van der Waals surface area (Å²) in [7, 11) is 0. The van der Waals surface area contributed by atoms with Gasteiger partial charge in [-0.1, -0.05) is 34.8 Å². The minimum absolute atomic E-state index is 0.440. The second kappa shape index (κ2) is 5.00. The van der Waals surface area contributed by atoms with Crippen LogP contribution in [0.1, 0.15) is 5.76 Å². The quantitative estimate of drug-likeness (QED) is 0.811. The smallest absolute Gasteiger partial charge is 0.122 e. The zero-order valence-corrected chi connectivity index (χ0v) is 10.4. The van der Waals surface area contributed by atoms with E-state index in [0.29, 0.717) is 21.6 Å². The number of nitrogens with one attached hydrogen (secondary N) is 1. The Morgan fingerprint density at radius 1 is 1.06 bits per heavy atom. The summed E-state index contributed by atoms with van der Waals surface area (Å²) in [5.74, 6) is 0.821. The van der Waals surface area contributed by atoms with Crippen molar-refractivity contribution in [3.05, 3.63) is 51.4 Å². The van der Waals surface area contributed by atoms with E-state index >= 15 is 0 Å². The first-order valence-electron chi connectivity index (χ1n) is 4.57. The molecule has 2 aromatic rings. The predicted molar refractivity (Wildman–Crippen MR) is 67.5 cm³/mol. The van der Waals surface area contributed by atoms with E-state index in [-0.39, 0.29) is 0 Å². The van der Waals surface area contributed by atoms with Gasteiger partial charge in [0.05, 0.1) is 33.6 Å². The van der Waals surface area contributed by atoms with Crippen molar-refractivity contribution in [1.29, 1.82) is 0 Å². The molecule has 84 valence electrons. The van der Waals surface area contributed by atoms with Gasteiger partial charge in [0.25, 0.3) is 0 Å². The van der Waals surface area contributed by atoms with Crippen molar-refractivity contribution in [2.45, 2.75) is 6.54 Å². The van der Waals surface area contributed by atoms with Crippen molar-refractivity contribution in [3.63, 3.8) is 0 Å². The van der Waals surface area contributed by atoms with E-state index in [1.807, 2.05) is 12.1 Å². The molecule has 2 rings (SSSR count). The third-order valence-corrected chi connectivity index (χ3v) is 3.08. The molecule has 0 bridgehead atoms. The third kappa shape index (κ3) is 2.64. The van der Waals surface area contributed by atoms with Crippen molar-refractivity contribution >= 4 is 40.5 Å². The fourth-order valence-corrected chi connectivity index (χ4v) is 1.87. The van der Waals surface area contributed by atoms with Gasteiger partial charge < -0.3 is 9.73 Å². The molecule has 0 aliphatic heterocycles. The van der Waals surface area contributed by atoms with Crippen molar-refractivity contribution in [3.8, 4) is 0 Å². The van der Waals surface area contributed by atoms with Crippen LogP contribution in [0.5, 0.6) is 0 Å². The largest absolute Gasteiger partial charge is 0.467 e. The van der Waals surface area contributed by atoms with Crippen LogP contribution in [0.25, 0.3) is 0 Å². The summed E-state index contributed by atoms with van der Waals surface area (Å²) in [6.07, 6.45) is 1.62. The van der Waals surface area contributed by atoms with Crippen LogP contribution in [0.3, 0.4) is 0 Å².